The molecular weight excluding hydrogens is 236 g/mol. The highest BCUT2D eigenvalue weighted by Gasteiger charge is 1.92. The van der Waals surface area contributed by atoms with Gasteiger partial charge in [-0.3, -0.25) is 4.79 Å². The molecule has 0 aliphatic heterocycles. The fourth-order valence-corrected chi connectivity index (χ4v) is 1.93. The van der Waals surface area contributed by atoms with E-state index in [1.165, 1.54) is 56.9 Å². The summed E-state index contributed by atoms with van der Waals surface area (Å²) < 4.78 is 0. The molecule has 1 aromatic rings. The monoisotopic (exact) mass is 264 g/mol. The van der Waals surface area contributed by atoms with Crippen LogP contribution >= 0.6 is 0 Å². The van der Waals surface area contributed by atoms with Crippen LogP contribution in [0, 0.1) is 0 Å². The Bertz CT molecular complexity index is 302. The number of carboxylic acid groups (broad SMARTS) is 1. The Balaban J connectivity index is 0.000000711. The van der Waals surface area contributed by atoms with Gasteiger partial charge in [-0.25, -0.2) is 0 Å². The number of unbranched alkanes of at least 4 members (excludes halogenated alkanes) is 6. The van der Waals surface area contributed by atoms with E-state index in [1.54, 1.807) is 0 Å². The lowest BCUT2D eigenvalue weighted by atomic mass is 10.0. The quantitative estimate of drug-likeness (QED) is 0.665. The highest BCUT2D eigenvalue weighted by Crippen LogP contribution is 2.10. The van der Waals surface area contributed by atoms with Crippen molar-refractivity contribution in [3.05, 3.63) is 35.9 Å². The third-order valence-corrected chi connectivity index (χ3v) is 2.91. The third kappa shape index (κ3) is 14.6. The number of hydrogen-bond acceptors (Lipinski definition) is 1. The van der Waals surface area contributed by atoms with Crippen molar-refractivity contribution in [2.45, 2.75) is 65.2 Å². The van der Waals surface area contributed by atoms with Gasteiger partial charge in [0.15, 0.2) is 0 Å². The lowest BCUT2D eigenvalue weighted by Gasteiger charge is -2.01. The van der Waals surface area contributed by atoms with E-state index < -0.39 is 5.97 Å². The molecule has 0 atom stereocenters. The molecule has 0 aliphatic carbocycles. The summed E-state index contributed by atoms with van der Waals surface area (Å²) in [6.45, 7) is 3.36. The minimum absolute atomic E-state index is 0.833. The Morgan fingerprint density at radius 2 is 1.42 bits per heavy atom. The normalized spacial score (nSPS) is 9.58. The van der Waals surface area contributed by atoms with Crippen molar-refractivity contribution in [2.75, 3.05) is 0 Å². The fraction of sp³-hybridized carbons (Fsp3) is 0.588. The SMILES string of the molecule is CC(=O)O.CCCCCCCCCc1ccccc1. The van der Waals surface area contributed by atoms with Crippen LogP contribution in [0.3, 0.4) is 0 Å². The van der Waals surface area contributed by atoms with Gasteiger partial charge < -0.3 is 5.11 Å². The molecule has 0 radical (unpaired) electrons. The highest BCUT2D eigenvalue weighted by atomic mass is 16.4. The van der Waals surface area contributed by atoms with Crippen molar-refractivity contribution in [2.24, 2.45) is 0 Å². The third-order valence-electron chi connectivity index (χ3n) is 2.91. The second-order valence-electron chi connectivity index (χ2n) is 4.88. The summed E-state index contributed by atoms with van der Waals surface area (Å²) in [5.41, 5.74) is 1.49. The average molecular weight is 264 g/mol. The second-order valence-corrected chi connectivity index (χ2v) is 4.88. The smallest absolute Gasteiger partial charge is 0.300 e. The molecule has 0 spiro atoms. The molecule has 0 bridgehead atoms. The first-order chi connectivity index (χ1) is 9.16. The predicted molar refractivity (Wildman–Crippen MR) is 81.4 cm³/mol. The minimum Gasteiger partial charge on any atom is -0.481 e. The molecule has 2 heteroatoms. The van der Waals surface area contributed by atoms with Gasteiger partial charge in [0.2, 0.25) is 0 Å². The van der Waals surface area contributed by atoms with E-state index in [0.29, 0.717) is 0 Å². The number of hydrogen-bond donors (Lipinski definition) is 1. The van der Waals surface area contributed by atoms with Gasteiger partial charge in [-0.1, -0.05) is 75.8 Å². The topological polar surface area (TPSA) is 37.3 Å². The molecule has 108 valence electrons. The van der Waals surface area contributed by atoms with E-state index >= 15 is 0 Å². The number of benzene rings is 1. The van der Waals surface area contributed by atoms with E-state index in [4.69, 9.17) is 9.90 Å². The molecule has 1 rings (SSSR count). The standard InChI is InChI=1S/C15H24.C2H4O2/c1-2-3-4-5-6-7-9-12-15-13-10-8-11-14-15;1-2(3)4/h8,10-11,13-14H,2-7,9,12H2,1H3;1H3,(H,3,4). The zero-order chi connectivity index (χ0) is 14.3. The van der Waals surface area contributed by atoms with Crippen LogP contribution in [0.15, 0.2) is 30.3 Å². The van der Waals surface area contributed by atoms with Gasteiger partial charge in [0.05, 0.1) is 0 Å². The van der Waals surface area contributed by atoms with Crippen molar-refractivity contribution in [1.29, 1.82) is 0 Å². The van der Waals surface area contributed by atoms with Crippen LogP contribution < -0.4 is 0 Å². The summed E-state index contributed by atoms with van der Waals surface area (Å²) >= 11 is 0. The Kier molecular flexibility index (Phi) is 12.2. The van der Waals surface area contributed by atoms with Crippen molar-refractivity contribution >= 4 is 5.97 Å². The molecule has 0 aliphatic rings. The Hall–Kier alpha value is -1.31. The van der Waals surface area contributed by atoms with Gasteiger partial charge >= 0.3 is 0 Å². The molecule has 0 unspecified atom stereocenters. The molecule has 1 N–H and O–H groups in total. The zero-order valence-electron chi connectivity index (χ0n) is 12.4. The van der Waals surface area contributed by atoms with Gasteiger partial charge in [0.1, 0.15) is 0 Å². The molecule has 0 fully saturated rings. The maximum Gasteiger partial charge on any atom is 0.300 e. The average Bonchev–Trinajstić information content (AvgIpc) is 2.38. The first kappa shape index (κ1) is 17.7. The van der Waals surface area contributed by atoms with Crippen LogP contribution in [-0.4, -0.2) is 11.1 Å². The van der Waals surface area contributed by atoms with E-state index in [1.807, 2.05) is 0 Å². The predicted octanol–water partition coefficient (Wildman–Crippen LogP) is 5.07. The van der Waals surface area contributed by atoms with Crippen LogP contribution in [0.5, 0.6) is 0 Å². The van der Waals surface area contributed by atoms with Crippen molar-refractivity contribution in [3.63, 3.8) is 0 Å². The molecule has 1 aromatic carbocycles. The molecule has 0 saturated heterocycles. The van der Waals surface area contributed by atoms with Gasteiger partial charge in [-0.15, -0.1) is 0 Å². The highest BCUT2D eigenvalue weighted by molar-refractivity contribution is 5.62. The summed E-state index contributed by atoms with van der Waals surface area (Å²) in [5, 5.41) is 7.42. The molecule has 0 heterocycles. The van der Waals surface area contributed by atoms with E-state index in [-0.39, 0.29) is 0 Å². The van der Waals surface area contributed by atoms with Crippen LogP contribution in [0.1, 0.15) is 64.4 Å². The largest absolute Gasteiger partial charge is 0.481 e. The van der Waals surface area contributed by atoms with E-state index in [0.717, 1.165) is 6.92 Å². The first-order valence-corrected chi connectivity index (χ1v) is 7.40. The lowest BCUT2D eigenvalue weighted by molar-refractivity contribution is -0.134. The van der Waals surface area contributed by atoms with Crippen LogP contribution in [0.2, 0.25) is 0 Å². The summed E-state index contributed by atoms with van der Waals surface area (Å²) in [6.07, 6.45) is 11.1. The first-order valence-electron chi connectivity index (χ1n) is 7.40. The molecule has 19 heavy (non-hydrogen) atoms. The summed E-state index contributed by atoms with van der Waals surface area (Å²) in [5.74, 6) is -0.833. The maximum atomic E-state index is 9.00. The van der Waals surface area contributed by atoms with Crippen LogP contribution in [0.25, 0.3) is 0 Å². The van der Waals surface area contributed by atoms with Crippen molar-refractivity contribution in [1.82, 2.24) is 0 Å². The molecule has 2 nitrogen and oxygen atoms in total. The Morgan fingerprint density at radius 3 is 1.95 bits per heavy atom. The Morgan fingerprint density at radius 1 is 0.947 bits per heavy atom. The molecule has 0 amide bonds. The molecule has 0 saturated carbocycles. The summed E-state index contributed by atoms with van der Waals surface area (Å²) in [6, 6.07) is 10.8. The lowest BCUT2D eigenvalue weighted by Crippen LogP contribution is -1.85. The van der Waals surface area contributed by atoms with Crippen LogP contribution in [0.4, 0.5) is 0 Å². The molecular formula is C17H28O2. The maximum absolute atomic E-state index is 9.00. The number of carboxylic acids is 1. The van der Waals surface area contributed by atoms with Gasteiger partial charge in [0.25, 0.3) is 5.97 Å². The number of rotatable bonds is 8. The second kappa shape index (κ2) is 13.1. The number of aliphatic carboxylic acids is 1. The van der Waals surface area contributed by atoms with Crippen LogP contribution in [-0.2, 0) is 11.2 Å². The van der Waals surface area contributed by atoms with Gasteiger partial charge in [-0.05, 0) is 18.4 Å². The number of aryl methyl sites for hydroxylation is 1. The van der Waals surface area contributed by atoms with Gasteiger partial charge in [-0.2, -0.15) is 0 Å². The summed E-state index contributed by atoms with van der Waals surface area (Å²) in [4.78, 5) is 9.00. The fourth-order valence-electron chi connectivity index (χ4n) is 1.93. The molecule has 0 aromatic heterocycles. The summed E-state index contributed by atoms with van der Waals surface area (Å²) in [7, 11) is 0. The Labute approximate surface area is 117 Å². The van der Waals surface area contributed by atoms with Gasteiger partial charge in [0, 0.05) is 6.92 Å². The zero-order valence-corrected chi connectivity index (χ0v) is 12.4. The van der Waals surface area contributed by atoms with E-state index in [9.17, 15) is 0 Å². The minimum atomic E-state index is -0.833. The number of carbonyl (C=O) groups is 1. The van der Waals surface area contributed by atoms with Crippen molar-refractivity contribution < 1.29 is 9.90 Å². The van der Waals surface area contributed by atoms with Crippen molar-refractivity contribution in [3.8, 4) is 0 Å². The van der Waals surface area contributed by atoms with E-state index in [2.05, 4.69) is 37.3 Å².